The lowest BCUT2D eigenvalue weighted by Gasteiger charge is -2.22. The van der Waals surface area contributed by atoms with Gasteiger partial charge in [0.25, 0.3) is 0 Å². The van der Waals surface area contributed by atoms with E-state index < -0.39 is 0 Å². The van der Waals surface area contributed by atoms with Crippen molar-refractivity contribution in [2.45, 2.75) is 32.0 Å². The van der Waals surface area contributed by atoms with Gasteiger partial charge in [0.05, 0.1) is 18.2 Å². The molecule has 1 aromatic heterocycles. The van der Waals surface area contributed by atoms with Gasteiger partial charge in [-0.15, -0.1) is 0 Å². The van der Waals surface area contributed by atoms with Crippen LogP contribution < -0.4 is 0 Å². The van der Waals surface area contributed by atoms with Gasteiger partial charge in [-0.1, -0.05) is 12.1 Å². The lowest BCUT2D eigenvalue weighted by Crippen LogP contribution is -2.31. The number of aromatic nitrogens is 1. The van der Waals surface area contributed by atoms with E-state index in [1.54, 1.807) is 7.11 Å². The number of aliphatic hydroxyl groups excluding tert-OH is 1. The van der Waals surface area contributed by atoms with Gasteiger partial charge in [0, 0.05) is 37.3 Å². The second kappa shape index (κ2) is 6.10. The van der Waals surface area contributed by atoms with Gasteiger partial charge >= 0.3 is 0 Å². The molecular weight excluding hydrogens is 264 g/mol. The molecule has 3 rings (SSSR count). The van der Waals surface area contributed by atoms with Crippen molar-refractivity contribution < 1.29 is 9.84 Å². The molecule has 4 heteroatoms. The van der Waals surface area contributed by atoms with Gasteiger partial charge in [0.15, 0.2) is 0 Å². The molecule has 21 heavy (non-hydrogen) atoms. The van der Waals surface area contributed by atoms with E-state index in [4.69, 9.17) is 4.74 Å². The van der Waals surface area contributed by atoms with Crippen LogP contribution in [0.15, 0.2) is 30.3 Å². The summed E-state index contributed by atoms with van der Waals surface area (Å²) in [7, 11) is 1.74. The van der Waals surface area contributed by atoms with E-state index in [1.807, 2.05) is 13.0 Å². The summed E-state index contributed by atoms with van der Waals surface area (Å²) in [6, 6.07) is 10.8. The second-order valence-corrected chi connectivity index (χ2v) is 5.84. The summed E-state index contributed by atoms with van der Waals surface area (Å²) in [6.07, 6.45) is 1.13. The molecule has 2 atom stereocenters. The van der Waals surface area contributed by atoms with Gasteiger partial charge < -0.3 is 9.84 Å². The third kappa shape index (κ3) is 3.07. The minimum atomic E-state index is 0.189. The van der Waals surface area contributed by atoms with E-state index >= 15 is 0 Å². The average Bonchev–Trinajstić information content (AvgIpc) is 2.89. The molecule has 0 amide bonds. The number of hydrogen-bond acceptors (Lipinski definition) is 4. The minimum Gasteiger partial charge on any atom is -0.395 e. The van der Waals surface area contributed by atoms with Crippen LogP contribution in [0.5, 0.6) is 0 Å². The van der Waals surface area contributed by atoms with E-state index in [9.17, 15) is 5.11 Å². The zero-order chi connectivity index (χ0) is 14.8. The van der Waals surface area contributed by atoms with E-state index in [1.165, 1.54) is 10.9 Å². The van der Waals surface area contributed by atoms with Gasteiger partial charge in [0.2, 0.25) is 0 Å². The molecule has 0 radical (unpaired) electrons. The smallest absolute Gasteiger partial charge is 0.0714 e. The fourth-order valence-electron chi connectivity index (χ4n) is 3.10. The molecule has 1 aliphatic heterocycles. The molecule has 1 aromatic carbocycles. The number of benzene rings is 1. The van der Waals surface area contributed by atoms with Crippen molar-refractivity contribution in [3.05, 3.63) is 41.6 Å². The van der Waals surface area contributed by atoms with Crippen LogP contribution >= 0.6 is 0 Å². The molecule has 2 aromatic rings. The van der Waals surface area contributed by atoms with E-state index in [0.717, 1.165) is 30.7 Å². The fraction of sp³-hybridized carbons (Fsp3) is 0.471. The van der Waals surface area contributed by atoms with Crippen LogP contribution in [0.3, 0.4) is 0 Å². The Morgan fingerprint density at radius 1 is 1.33 bits per heavy atom. The summed E-state index contributed by atoms with van der Waals surface area (Å²) < 4.78 is 5.43. The molecule has 1 saturated heterocycles. The Morgan fingerprint density at radius 2 is 2.19 bits per heavy atom. The first-order valence-electron chi connectivity index (χ1n) is 7.43. The number of pyridine rings is 1. The van der Waals surface area contributed by atoms with Crippen molar-refractivity contribution in [3.63, 3.8) is 0 Å². The first-order chi connectivity index (χ1) is 10.2. The molecule has 0 saturated carbocycles. The molecule has 0 bridgehead atoms. The second-order valence-electron chi connectivity index (χ2n) is 5.84. The molecule has 1 N–H and O–H groups in total. The first kappa shape index (κ1) is 14.4. The Hall–Kier alpha value is -1.49. The van der Waals surface area contributed by atoms with Crippen molar-refractivity contribution in [1.82, 2.24) is 9.88 Å². The molecule has 112 valence electrons. The van der Waals surface area contributed by atoms with Crippen LogP contribution in [0.1, 0.15) is 17.7 Å². The molecule has 4 nitrogen and oxygen atoms in total. The van der Waals surface area contributed by atoms with Gasteiger partial charge in [-0.2, -0.15) is 0 Å². The standard InChI is InChI=1S/C17H22N2O2/c1-12-3-5-14-7-13(4-6-17(14)18-12)9-19-10-16(21-2)8-15(19)11-20/h3-7,15-16,20H,8-11H2,1-2H3/t15-,16+/m0/s1. The topological polar surface area (TPSA) is 45.6 Å². The Balaban J connectivity index is 1.79. The number of methoxy groups -OCH3 is 1. The summed E-state index contributed by atoms with van der Waals surface area (Å²) in [6.45, 7) is 3.92. The summed E-state index contributed by atoms with van der Waals surface area (Å²) in [5.74, 6) is 0. The zero-order valence-electron chi connectivity index (χ0n) is 12.6. The van der Waals surface area contributed by atoms with E-state index in [-0.39, 0.29) is 18.8 Å². The Bertz CT molecular complexity index is 629. The number of aryl methyl sites for hydroxylation is 1. The SMILES string of the molecule is CO[C@@H]1C[C@@H](CO)N(Cc2ccc3nc(C)ccc3c2)C1. The molecular formula is C17H22N2O2. The van der Waals surface area contributed by atoms with E-state index in [0.29, 0.717) is 0 Å². The highest BCUT2D eigenvalue weighted by molar-refractivity contribution is 5.79. The van der Waals surface area contributed by atoms with Gasteiger partial charge in [-0.25, -0.2) is 0 Å². The third-order valence-electron chi connectivity index (χ3n) is 4.31. The number of nitrogens with zero attached hydrogens (tertiary/aromatic N) is 2. The number of aliphatic hydroxyl groups is 1. The Morgan fingerprint density at radius 3 is 2.95 bits per heavy atom. The maximum absolute atomic E-state index is 9.52. The van der Waals surface area contributed by atoms with E-state index in [2.05, 4.69) is 34.1 Å². The zero-order valence-corrected chi connectivity index (χ0v) is 12.6. The quantitative estimate of drug-likeness (QED) is 0.935. The fourth-order valence-corrected chi connectivity index (χ4v) is 3.10. The van der Waals surface area contributed by atoms with Crippen LogP contribution in [0, 0.1) is 6.92 Å². The van der Waals surface area contributed by atoms with Crippen molar-refractivity contribution in [1.29, 1.82) is 0 Å². The van der Waals surface area contributed by atoms with Crippen LogP contribution in [0.2, 0.25) is 0 Å². The highest BCUT2D eigenvalue weighted by Crippen LogP contribution is 2.23. The number of hydrogen-bond donors (Lipinski definition) is 1. The van der Waals surface area contributed by atoms with Crippen molar-refractivity contribution in [2.75, 3.05) is 20.3 Å². The van der Waals surface area contributed by atoms with Crippen molar-refractivity contribution in [3.8, 4) is 0 Å². The molecule has 1 fully saturated rings. The molecule has 0 unspecified atom stereocenters. The Labute approximate surface area is 125 Å². The van der Waals surface area contributed by atoms with Crippen LogP contribution in [0.4, 0.5) is 0 Å². The largest absolute Gasteiger partial charge is 0.395 e. The number of fused-ring (bicyclic) bond motifs is 1. The molecule has 0 spiro atoms. The number of rotatable bonds is 4. The van der Waals surface area contributed by atoms with Gasteiger partial charge in [-0.05, 0) is 37.1 Å². The predicted molar refractivity (Wildman–Crippen MR) is 83.2 cm³/mol. The first-order valence-corrected chi connectivity index (χ1v) is 7.43. The normalized spacial score (nSPS) is 23.0. The summed E-state index contributed by atoms with van der Waals surface area (Å²) in [4.78, 5) is 6.83. The van der Waals surface area contributed by atoms with Gasteiger partial charge in [0.1, 0.15) is 0 Å². The Kier molecular flexibility index (Phi) is 4.19. The number of likely N-dealkylation sites (tertiary alicyclic amines) is 1. The van der Waals surface area contributed by atoms with Gasteiger partial charge in [-0.3, -0.25) is 9.88 Å². The highest BCUT2D eigenvalue weighted by Gasteiger charge is 2.31. The van der Waals surface area contributed by atoms with Crippen molar-refractivity contribution >= 4 is 10.9 Å². The van der Waals surface area contributed by atoms with Crippen LogP contribution in [0.25, 0.3) is 10.9 Å². The molecule has 1 aliphatic rings. The lowest BCUT2D eigenvalue weighted by molar-refractivity contribution is 0.107. The molecule has 2 heterocycles. The monoisotopic (exact) mass is 286 g/mol. The summed E-state index contributed by atoms with van der Waals surface area (Å²) in [5, 5.41) is 10.7. The maximum Gasteiger partial charge on any atom is 0.0714 e. The van der Waals surface area contributed by atoms with Crippen molar-refractivity contribution in [2.24, 2.45) is 0 Å². The predicted octanol–water partition coefficient (Wildman–Crippen LogP) is 2.12. The minimum absolute atomic E-state index is 0.189. The third-order valence-corrected chi connectivity index (χ3v) is 4.31. The lowest BCUT2D eigenvalue weighted by atomic mass is 10.1. The average molecular weight is 286 g/mol. The summed E-state index contributed by atoms with van der Waals surface area (Å²) in [5.41, 5.74) is 3.33. The maximum atomic E-state index is 9.52. The highest BCUT2D eigenvalue weighted by atomic mass is 16.5. The number of ether oxygens (including phenoxy) is 1. The van der Waals surface area contributed by atoms with Crippen LogP contribution in [-0.4, -0.2) is 47.4 Å². The summed E-state index contributed by atoms with van der Waals surface area (Å²) >= 11 is 0. The molecule has 0 aliphatic carbocycles. The van der Waals surface area contributed by atoms with Crippen LogP contribution in [-0.2, 0) is 11.3 Å².